The lowest BCUT2D eigenvalue weighted by Crippen LogP contribution is -1.90. The molecule has 0 aliphatic rings. The summed E-state index contributed by atoms with van der Waals surface area (Å²) in [6.07, 6.45) is 1.72. The van der Waals surface area contributed by atoms with Crippen LogP contribution in [-0.2, 0) is 0 Å². The van der Waals surface area contributed by atoms with E-state index in [1.165, 1.54) is 0 Å². The first-order valence-corrected chi connectivity index (χ1v) is 5.27. The quantitative estimate of drug-likeness (QED) is 0.668. The van der Waals surface area contributed by atoms with Gasteiger partial charge in [-0.25, -0.2) is 0 Å². The lowest BCUT2D eigenvalue weighted by molar-refractivity contribution is 0.418. The standard InChI is InChI=1S/C12H12N4O/c1-6-3-7-10-8(12(13)16-15-10)5-14-11(7)9(4-6)17-2/h3-5H,1-2H3,(H3,13,15,16). The Balaban J connectivity index is 2.53. The molecule has 17 heavy (non-hydrogen) atoms. The highest BCUT2D eigenvalue weighted by Gasteiger charge is 2.11. The first-order chi connectivity index (χ1) is 8.20. The second-order valence-corrected chi connectivity index (χ2v) is 4.02. The molecule has 5 heteroatoms. The number of H-pyrrole nitrogens is 1. The summed E-state index contributed by atoms with van der Waals surface area (Å²) in [7, 11) is 1.64. The zero-order valence-corrected chi connectivity index (χ0v) is 9.61. The molecule has 86 valence electrons. The number of hydrogen-bond donors (Lipinski definition) is 2. The van der Waals surface area contributed by atoms with Crippen LogP contribution in [0.5, 0.6) is 5.75 Å². The van der Waals surface area contributed by atoms with Crippen molar-refractivity contribution in [3.8, 4) is 5.75 Å². The number of nitrogen functional groups attached to an aromatic ring is 1. The molecule has 2 aromatic heterocycles. The van der Waals surface area contributed by atoms with E-state index in [0.717, 1.165) is 33.1 Å². The molecule has 0 unspecified atom stereocenters. The number of anilines is 1. The van der Waals surface area contributed by atoms with Crippen molar-refractivity contribution in [2.24, 2.45) is 0 Å². The van der Waals surface area contributed by atoms with Crippen LogP contribution >= 0.6 is 0 Å². The molecule has 0 spiro atoms. The number of nitrogens with two attached hydrogens (primary N) is 1. The molecule has 0 bridgehead atoms. The summed E-state index contributed by atoms with van der Waals surface area (Å²) in [6.45, 7) is 2.01. The van der Waals surface area contributed by atoms with Gasteiger partial charge in [-0.15, -0.1) is 0 Å². The van der Waals surface area contributed by atoms with E-state index in [1.54, 1.807) is 13.3 Å². The Bertz CT molecular complexity index is 717. The van der Waals surface area contributed by atoms with Crippen LogP contribution in [0.15, 0.2) is 18.3 Å². The highest BCUT2D eigenvalue weighted by molar-refractivity contribution is 6.08. The number of benzene rings is 1. The summed E-state index contributed by atoms with van der Waals surface area (Å²) in [5.41, 5.74) is 8.58. The lowest BCUT2D eigenvalue weighted by Gasteiger charge is -2.06. The fourth-order valence-electron chi connectivity index (χ4n) is 2.05. The molecule has 3 rings (SSSR count). The Labute approximate surface area is 97.6 Å². The SMILES string of the molecule is COc1cc(C)cc2c1ncc1c(N)n[nH]c12. The molecule has 1 aromatic carbocycles. The minimum absolute atomic E-state index is 0.467. The first-order valence-electron chi connectivity index (χ1n) is 5.27. The van der Waals surface area contributed by atoms with Crippen molar-refractivity contribution >= 4 is 27.6 Å². The smallest absolute Gasteiger partial charge is 0.154 e. The zero-order chi connectivity index (χ0) is 12.0. The topological polar surface area (TPSA) is 76.8 Å². The van der Waals surface area contributed by atoms with E-state index in [0.29, 0.717) is 5.82 Å². The van der Waals surface area contributed by atoms with Gasteiger partial charge in [-0.2, -0.15) is 5.10 Å². The van der Waals surface area contributed by atoms with Gasteiger partial charge in [0, 0.05) is 11.6 Å². The van der Waals surface area contributed by atoms with Crippen LogP contribution < -0.4 is 10.5 Å². The summed E-state index contributed by atoms with van der Waals surface area (Å²) in [4.78, 5) is 4.39. The van der Waals surface area contributed by atoms with Gasteiger partial charge in [-0.3, -0.25) is 10.1 Å². The number of aromatic amines is 1. The second-order valence-electron chi connectivity index (χ2n) is 4.02. The molecule has 3 N–H and O–H groups in total. The van der Waals surface area contributed by atoms with Gasteiger partial charge in [-0.1, -0.05) is 0 Å². The highest BCUT2D eigenvalue weighted by atomic mass is 16.5. The van der Waals surface area contributed by atoms with Crippen LogP contribution in [0.2, 0.25) is 0 Å². The lowest BCUT2D eigenvalue weighted by atomic mass is 10.1. The molecule has 0 fully saturated rings. The Morgan fingerprint density at radius 1 is 1.29 bits per heavy atom. The van der Waals surface area contributed by atoms with E-state index in [1.807, 2.05) is 19.1 Å². The van der Waals surface area contributed by atoms with Gasteiger partial charge in [0.2, 0.25) is 0 Å². The van der Waals surface area contributed by atoms with Crippen molar-refractivity contribution < 1.29 is 4.74 Å². The van der Waals surface area contributed by atoms with Gasteiger partial charge in [0.25, 0.3) is 0 Å². The average Bonchev–Trinajstić information content (AvgIpc) is 2.70. The van der Waals surface area contributed by atoms with Crippen LogP contribution in [0, 0.1) is 6.92 Å². The maximum Gasteiger partial charge on any atom is 0.154 e. The minimum atomic E-state index is 0.467. The number of methoxy groups -OCH3 is 1. The van der Waals surface area contributed by atoms with Crippen molar-refractivity contribution in [2.45, 2.75) is 6.92 Å². The van der Waals surface area contributed by atoms with E-state index >= 15 is 0 Å². The maximum absolute atomic E-state index is 5.76. The van der Waals surface area contributed by atoms with Gasteiger partial charge in [0.15, 0.2) is 5.82 Å². The maximum atomic E-state index is 5.76. The van der Waals surface area contributed by atoms with Crippen molar-refractivity contribution in [1.29, 1.82) is 0 Å². The fraction of sp³-hybridized carbons (Fsp3) is 0.167. The Hall–Kier alpha value is -2.30. The number of aromatic nitrogens is 3. The Morgan fingerprint density at radius 3 is 2.88 bits per heavy atom. The number of hydrogen-bond acceptors (Lipinski definition) is 4. The molecular formula is C12H12N4O. The number of fused-ring (bicyclic) bond motifs is 3. The molecule has 2 heterocycles. The van der Waals surface area contributed by atoms with E-state index in [9.17, 15) is 0 Å². The molecule has 0 saturated carbocycles. The highest BCUT2D eigenvalue weighted by Crippen LogP contribution is 2.31. The second kappa shape index (κ2) is 3.35. The molecule has 0 aliphatic heterocycles. The molecule has 0 atom stereocenters. The summed E-state index contributed by atoms with van der Waals surface area (Å²) in [5, 5.41) is 8.76. The fourth-order valence-corrected chi connectivity index (χ4v) is 2.05. The van der Waals surface area contributed by atoms with Crippen molar-refractivity contribution in [3.05, 3.63) is 23.9 Å². The third-order valence-corrected chi connectivity index (χ3v) is 2.86. The van der Waals surface area contributed by atoms with Gasteiger partial charge >= 0.3 is 0 Å². The van der Waals surface area contributed by atoms with Crippen LogP contribution in [0.1, 0.15) is 5.56 Å². The average molecular weight is 228 g/mol. The largest absolute Gasteiger partial charge is 0.494 e. The monoisotopic (exact) mass is 228 g/mol. The van der Waals surface area contributed by atoms with Crippen molar-refractivity contribution in [1.82, 2.24) is 15.2 Å². The molecule has 0 amide bonds. The van der Waals surface area contributed by atoms with Crippen molar-refractivity contribution in [3.63, 3.8) is 0 Å². The van der Waals surface area contributed by atoms with E-state index in [-0.39, 0.29) is 0 Å². The van der Waals surface area contributed by atoms with E-state index < -0.39 is 0 Å². The molecule has 0 saturated heterocycles. The summed E-state index contributed by atoms with van der Waals surface area (Å²) < 4.78 is 5.34. The third-order valence-electron chi connectivity index (χ3n) is 2.86. The van der Waals surface area contributed by atoms with Gasteiger partial charge in [0.05, 0.1) is 18.0 Å². The summed E-state index contributed by atoms with van der Waals surface area (Å²) >= 11 is 0. The summed E-state index contributed by atoms with van der Waals surface area (Å²) in [5.74, 6) is 1.23. The summed E-state index contributed by atoms with van der Waals surface area (Å²) in [6, 6.07) is 4.01. The minimum Gasteiger partial charge on any atom is -0.494 e. The Kier molecular flexibility index (Phi) is 1.95. The Morgan fingerprint density at radius 2 is 2.12 bits per heavy atom. The van der Waals surface area contributed by atoms with Crippen LogP contribution in [0.3, 0.4) is 0 Å². The number of aryl methyl sites for hydroxylation is 1. The van der Waals surface area contributed by atoms with Gasteiger partial charge < -0.3 is 10.5 Å². The third kappa shape index (κ3) is 1.32. The van der Waals surface area contributed by atoms with Crippen LogP contribution in [-0.4, -0.2) is 22.3 Å². The number of nitrogens with one attached hydrogen (secondary N) is 1. The predicted molar refractivity (Wildman–Crippen MR) is 67.1 cm³/mol. The number of rotatable bonds is 1. The molecule has 3 aromatic rings. The normalized spacial score (nSPS) is 11.2. The van der Waals surface area contributed by atoms with E-state index in [2.05, 4.69) is 15.2 Å². The molecule has 0 radical (unpaired) electrons. The zero-order valence-electron chi connectivity index (χ0n) is 9.61. The number of nitrogens with zero attached hydrogens (tertiary/aromatic N) is 2. The van der Waals surface area contributed by atoms with Crippen LogP contribution in [0.25, 0.3) is 21.8 Å². The van der Waals surface area contributed by atoms with Gasteiger partial charge in [0.1, 0.15) is 11.3 Å². The van der Waals surface area contributed by atoms with E-state index in [4.69, 9.17) is 10.5 Å². The van der Waals surface area contributed by atoms with Gasteiger partial charge in [-0.05, 0) is 24.6 Å². The number of ether oxygens (including phenoxy) is 1. The van der Waals surface area contributed by atoms with Crippen LogP contribution in [0.4, 0.5) is 5.82 Å². The predicted octanol–water partition coefficient (Wildman–Crippen LogP) is 2.01. The number of pyridine rings is 1. The molecule has 0 aliphatic carbocycles. The first kappa shape index (κ1) is 9.89. The van der Waals surface area contributed by atoms with Crippen molar-refractivity contribution in [2.75, 3.05) is 12.8 Å². The molecular weight excluding hydrogens is 216 g/mol. The molecule has 5 nitrogen and oxygen atoms in total.